The number of carbonyl (C=O) groups excluding carboxylic acids is 1. The van der Waals surface area contributed by atoms with Crippen molar-refractivity contribution in [3.05, 3.63) is 12.2 Å². The SMILES string of the molecule is NC12CC=CC(CCC1)C2=O. The van der Waals surface area contributed by atoms with Gasteiger partial charge in [0.15, 0.2) is 5.78 Å². The number of rotatable bonds is 0. The number of nitrogens with two attached hydrogens (primary N) is 1. The number of Topliss-reactive ketones (excluding diaryl/α,β-unsaturated/α-hetero) is 1. The van der Waals surface area contributed by atoms with Crippen LogP contribution in [-0.4, -0.2) is 11.3 Å². The Labute approximate surface area is 66.5 Å². The number of hydrogen-bond acceptors (Lipinski definition) is 2. The molecule has 2 nitrogen and oxygen atoms in total. The summed E-state index contributed by atoms with van der Waals surface area (Å²) in [5, 5.41) is 0. The molecule has 0 aromatic heterocycles. The predicted octanol–water partition coefficient (Wildman–Crippen LogP) is 1.01. The molecule has 0 aromatic rings. The summed E-state index contributed by atoms with van der Waals surface area (Å²) in [5.41, 5.74) is 5.45. The van der Waals surface area contributed by atoms with Crippen molar-refractivity contribution >= 4 is 5.78 Å². The van der Waals surface area contributed by atoms with Crippen LogP contribution in [0.2, 0.25) is 0 Å². The lowest BCUT2D eigenvalue weighted by atomic mass is 9.70. The van der Waals surface area contributed by atoms with Crippen LogP contribution in [0, 0.1) is 5.92 Å². The van der Waals surface area contributed by atoms with Crippen molar-refractivity contribution in [3.8, 4) is 0 Å². The van der Waals surface area contributed by atoms with E-state index in [1.54, 1.807) is 0 Å². The van der Waals surface area contributed by atoms with E-state index in [9.17, 15) is 4.79 Å². The Balaban J connectivity index is 2.34. The Bertz CT molecular complexity index is 222. The van der Waals surface area contributed by atoms with Gasteiger partial charge in [-0.2, -0.15) is 0 Å². The van der Waals surface area contributed by atoms with Gasteiger partial charge >= 0.3 is 0 Å². The summed E-state index contributed by atoms with van der Waals surface area (Å²) >= 11 is 0. The van der Waals surface area contributed by atoms with Crippen LogP contribution in [0.25, 0.3) is 0 Å². The molecule has 0 spiro atoms. The van der Waals surface area contributed by atoms with Crippen LogP contribution < -0.4 is 5.73 Å². The zero-order chi connectivity index (χ0) is 7.90. The number of allylic oxidation sites excluding steroid dienone is 1. The molecule has 0 saturated heterocycles. The van der Waals surface area contributed by atoms with Gasteiger partial charge in [0.1, 0.15) is 0 Å². The molecule has 0 aliphatic heterocycles. The Morgan fingerprint density at radius 3 is 3.09 bits per heavy atom. The molecule has 2 rings (SSSR count). The Hall–Kier alpha value is -0.630. The molecule has 2 aliphatic carbocycles. The maximum Gasteiger partial charge on any atom is 0.159 e. The van der Waals surface area contributed by atoms with Gasteiger partial charge < -0.3 is 5.73 Å². The second-order valence-electron chi connectivity index (χ2n) is 3.65. The lowest BCUT2D eigenvalue weighted by Crippen LogP contribution is -2.54. The fraction of sp³-hybridized carbons (Fsp3) is 0.667. The van der Waals surface area contributed by atoms with Crippen LogP contribution in [0.4, 0.5) is 0 Å². The average molecular weight is 151 g/mol. The van der Waals surface area contributed by atoms with E-state index < -0.39 is 5.54 Å². The van der Waals surface area contributed by atoms with Gasteiger partial charge in [-0.15, -0.1) is 0 Å². The molecule has 2 bridgehead atoms. The summed E-state index contributed by atoms with van der Waals surface area (Å²) in [6.07, 6.45) is 7.83. The topological polar surface area (TPSA) is 43.1 Å². The molecular formula is C9H13NO. The van der Waals surface area contributed by atoms with E-state index in [-0.39, 0.29) is 11.7 Å². The maximum absolute atomic E-state index is 11.6. The van der Waals surface area contributed by atoms with Gasteiger partial charge in [-0.05, 0) is 19.3 Å². The Morgan fingerprint density at radius 1 is 1.64 bits per heavy atom. The monoisotopic (exact) mass is 151 g/mol. The van der Waals surface area contributed by atoms with Crippen molar-refractivity contribution in [1.29, 1.82) is 0 Å². The zero-order valence-electron chi connectivity index (χ0n) is 6.55. The van der Waals surface area contributed by atoms with Crippen molar-refractivity contribution in [1.82, 2.24) is 0 Å². The first-order chi connectivity index (χ1) is 5.22. The van der Waals surface area contributed by atoms with E-state index in [0.29, 0.717) is 0 Å². The molecule has 2 unspecified atom stereocenters. The molecule has 0 heterocycles. The Morgan fingerprint density at radius 2 is 2.45 bits per heavy atom. The zero-order valence-corrected chi connectivity index (χ0v) is 6.55. The lowest BCUT2D eigenvalue weighted by molar-refractivity contribution is -0.129. The van der Waals surface area contributed by atoms with E-state index >= 15 is 0 Å². The molecule has 1 fully saturated rings. The first kappa shape index (κ1) is 7.04. The third kappa shape index (κ3) is 0.932. The van der Waals surface area contributed by atoms with Gasteiger partial charge in [-0.25, -0.2) is 0 Å². The van der Waals surface area contributed by atoms with Crippen LogP contribution in [-0.2, 0) is 4.79 Å². The predicted molar refractivity (Wildman–Crippen MR) is 43.0 cm³/mol. The van der Waals surface area contributed by atoms with Crippen LogP contribution >= 0.6 is 0 Å². The van der Waals surface area contributed by atoms with Gasteiger partial charge in [-0.1, -0.05) is 18.6 Å². The fourth-order valence-corrected chi connectivity index (χ4v) is 2.09. The van der Waals surface area contributed by atoms with E-state index in [0.717, 1.165) is 25.7 Å². The summed E-state index contributed by atoms with van der Waals surface area (Å²) in [6, 6.07) is 0. The van der Waals surface area contributed by atoms with Gasteiger partial charge in [-0.3, -0.25) is 4.79 Å². The van der Waals surface area contributed by atoms with E-state index in [1.807, 2.05) is 6.08 Å². The van der Waals surface area contributed by atoms with Crippen molar-refractivity contribution in [2.75, 3.05) is 0 Å². The number of carbonyl (C=O) groups is 1. The van der Waals surface area contributed by atoms with Crippen LogP contribution in [0.5, 0.6) is 0 Å². The molecule has 2 atom stereocenters. The van der Waals surface area contributed by atoms with Gasteiger partial charge in [0, 0.05) is 5.92 Å². The minimum atomic E-state index is -0.488. The summed E-state index contributed by atoms with van der Waals surface area (Å²) in [7, 11) is 0. The normalized spacial score (nSPS) is 42.6. The van der Waals surface area contributed by atoms with Crippen molar-refractivity contribution in [2.24, 2.45) is 11.7 Å². The molecule has 2 aliphatic rings. The molecule has 1 saturated carbocycles. The second kappa shape index (κ2) is 2.18. The van der Waals surface area contributed by atoms with Crippen LogP contribution in [0.1, 0.15) is 25.7 Å². The van der Waals surface area contributed by atoms with Crippen molar-refractivity contribution < 1.29 is 4.79 Å². The average Bonchev–Trinajstić information content (AvgIpc) is 1.93. The Kier molecular flexibility index (Phi) is 1.39. The van der Waals surface area contributed by atoms with Crippen molar-refractivity contribution in [3.63, 3.8) is 0 Å². The quantitative estimate of drug-likeness (QED) is 0.525. The standard InChI is InChI=1S/C9H13NO/c10-9-5-1-3-7(8(9)11)4-2-6-9/h1,3,7H,2,4-6,10H2. The molecule has 0 aromatic carbocycles. The van der Waals surface area contributed by atoms with Crippen LogP contribution in [0.15, 0.2) is 12.2 Å². The molecule has 2 N–H and O–H groups in total. The summed E-state index contributed by atoms with van der Waals surface area (Å²) < 4.78 is 0. The van der Waals surface area contributed by atoms with E-state index in [4.69, 9.17) is 5.73 Å². The summed E-state index contributed by atoms with van der Waals surface area (Å²) in [4.78, 5) is 11.6. The first-order valence-corrected chi connectivity index (χ1v) is 4.22. The van der Waals surface area contributed by atoms with Crippen molar-refractivity contribution in [2.45, 2.75) is 31.2 Å². The highest BCUT2D eigenvalue weighted by Crippen LogP contribution is 2.34. The molecule has 0 radical (unpaired) electrons. The number of ketones is 1. The molecule has 2 heteroatoms. The third-order valence-electron chi connectivity index (χ3n) is 2.82. The smallest absolute Gasteiger partial charge is 0.159 e. The highest BCUT2D eigenvalue weighted by atomic mass is 16.1. The second-order valence-corrected chi connectivity index (χ2v) is 3.65. The minimum Gasteiger partial charge on any atom is -0.319 e. The van der Waals surface area contributed by atoms with E-state index in [2.05, 4.69) is 6.08 Å². The van der Waals surface area contributed by atoms with Gasteiger partial charge in [0.25, 0.3) is 0 Å². The fourth-order valence-electron chi connectivity index (χ4n) is 2.09. The molecular weight excluding hydrogens is 138 g/mol. The molecule has 60 valence electrons. The largest absolute Gasteiger partial charge is 0.319 e. The van der Waals surface area contributed by atoms with Crippen LogP contribution in [0.3, 0.4) is 0 Å². The summed E-state index contributed by atoms with van der Waals surface area (Å²) in [5.74, 6) is 0.411. The lowest BCUT2D eigenvalue weighted by Gasteiger charge is -2.37. The maximum atomic E-state index is 11.6. The highest BCUT2D eigenvalue weighted by molar-refractivity contribution is 5.93. The number of fused-ring (bicyclic) bond motifs is 2. The van der Waals surface area contributed by atoms with Gasteiger partial charge in [0.05, 0.1) is 5.54 Å². The summed E-state index contributed by atoms with van der Waals surface area (Å²) in [6.45, 7) is 0. The minimum absolute atomic E-state index is 0.141. The molecule has 11 heavy (non-hydrogen) atoms. The number of hydrogen-bond donors (Lipinski definition) is 1. The third-order valence-corrected chi connectivity index (χ3v) is 2.82. The first-order valence-electron chi connectivity index (χ1n) is 4.22. The molecule has 0 amide bonds. The van der Waals surface area contributed by atoms with Gasteiger partial charge in [0.2, 0.25) is 0 Å². The van der Waals surface area contributed by atoms with E-state index in [1.165, 1.54) is 0 Å². The highest BCUT2D eigenvalue weighted by Gasteiger charge is 2.41.